The lowest BCUT2D eigenvalue weighted by atomic mass is 10.00. The molecule has 1 amide bonds. The molecule has 1 atom stereocenters. The summed E-state index contributed by atoms with van der Waals surface area (Å²) in [6.07, 6.45) is -0.555. The van der Waals surface area contributed by atoms with Crippen molar-refractivity contribution in [2.45, 2.75) is 6.17 Å². The van der Waals surface area contributed by atoms with Crippen LogP contribution in [0, 0.1) is 0 Å². The average Bonchev–Trinajstić information content (AvgIpc) is 2.77. The first kappa shape index (κ1) is 18.7. The van der Waals surface area contributed by atoms with Gasteiger partial charge in [0.15, 0.2) is 11.5 Å². The first-order valence-electron chi connectivity index (χ1n) is 9.22. The Kier molecular flexibility index (Phi) is 4.76. The second-order valence-corrected chi connectivity index (χ2v) is 6.77. The van der Waals surface area contributed by atoms with Gasteiger partial charge in [0.05, 0.1) is 25.5 Å². The van der Waals surface area contributed by atoms with E-state index in [2.05, 4.69) is 0 Å². The molecule has 3 aromatic rings. The van der Waals surface area contributed by atoms with Crippen molar-refractivity contribution in [3.05, 3.63) is 77.9 Å². The summed E-state index contributed by atoms with van der Waals surface area (Å²) in [6.45, 7) is 0. The Balaban J connectivity index is 1.92. The van der Waals surface area contributed by atoms with Crippen LogP contribution in [0.1, 0.15) is 22.1 Å². The quantitative estimate of drug-likeness (QED) is 0.723. The Hall–Kier alpha value is -3.67. The van der Waals surface area contributed by atoms with Crippen molar-refractivity contribution in [3.63, 3.8) is 0 Å². The third kappa shape index (κ3) is 3.02. The lowest BCUT2D eigenvalue weighted by molar-refractivity contribution is 0.0969. The minimum absolute atomic E-state index is 0.0116. The number of aromatic hydroxyl groups is 1. The molecule has 0 spiro atoms. The summed E-state index contributed by atoms with van der Waals surface area (Å²) in [5.41, 5.74) is 2.67. The molecule has 6 nitrogen and oxygen atoms in total. The number of rotatable bonds is 4. The molecule has 6 heteroatoms. The van der Waals surface area contributed by atoms with Crippen molar-refractivity contribution >= 4 is 17.3 Å². The minimum atomic E-state index is -0.555. The number of anilines is 2. The van der Waals surface area contributed by atoms with Crippen molar-refractivity contribution < 1.29 is 19.4 Å². The van der Waals surface area contributed by atoms with Crippen LogP contribution in [0.15, 0.2) is 66.7 Å². The molecule has 0 aromatic heterocycles. The molecule has 1 aliphatic rings. The van der Waals surface area contributed by atoms with E-state index in [1.54, 1.807) is 30.2 Å². The average molecular weight is 390 g/mol. The van der Waals surface area contributed by atoms with Crippen molar-refractivity contribution in [1.82, 2.24) is 0 Å². The van der Waals surface area contributed by atoms with E-state index in [4.69, 9.17) is 9.47 Å². The van der Waals surface area contributed by atoms with Gasteiger partial charge in [-0.2, -0.15) is 0 Å². The molecule has 1 heterocycles. The van der Waals surface area contributed by atoms with Crippen LogP contribution in [0.4, 0.5) is 11.4 Å². The summed E-state index contributed by atoms with van der Waals surface area (Å²) < 4.78 is 10.5. The van der Waals surface area contributed by atoms with Crippen LogP contribution < -0.4 is 19.3 Å². The Morgan fingerprint density at radius 1 is 0.897 bits per heavy atom. The van der Waals surface area contributed by atoms with Gasteiger partial charge < -0.3 is 19.5 Å². The third-order valence-corrected chi connectivity index (χ3v) is 5.22. The van der Waals surface area contributed by atoms with Gasteiger partial charge in [0.2, 0.25) is 0 Å². The van der Waals surface area contributed by atoms with Gasteiger partial charge >= 0.3 is 0 Å². The fraction of sp³-hybridized carbons (Fsp3) is 0.174. The SMILES string of the molecule is COc1ccc(N2C(=O)c3ccccc3N(C)C2c2cccc(OC)c2O)cc1. The molecule has 29 heavy (non-hydrogen) atoms. The van der Waals surface area contributed by atoms with Gasteiger partial charge in [-0.25, -0.2) is 0 Å². The molecule has 148 valence electrons. The number of ether oxygens (including phenoxy) is 2. The number of nitrogens with zero attached hydrogens (tertiary/aromatic N) is 2. The molecule has 1 unspecified atom stereocenters. The van der Waals surface area contributed by atoms with E-state index in [9.17, 15) is 9.90 Å². The topological polar surface area (TPSA) is 62.2 Å². The zero-order valence-electron chi connectivity index (χ0n) is 16.5. The van der Waals surface area contributed by atoms with Gasteiger partial charge in [-0.15, -0.1) is 0 Å². The van der Waals surface area contributed by atoms with Crippen LogP contribution >= 0.6 is 0 Å². The zero-order valence-corrected chi connectivity index (χ0v) is 16.5. The van der Waals surface area contributed by atoms with Crippen LogP contribution in [-0.2, 0) is 0 Å². The molecular weight excluding hydrogens is 368 g/mol. The number of amides is 1. The summed E-state index contributed by atoms with van der Waals surface area (Å²) in [5, 5.41) is 10.8. The fourth-order valence-corrected chi connectivity index (χ4v) is 3.77. The number of phenolic OH excluding ortho intramolecular Hbond substituents is 1. The number of methoxy groups -OCH3 is 2. The second-order valence-electron chi connectivity index (χ2n) is 6.77. The molecule has 3 aromatic carbocycles. The summed E-state index contributed by atoms with van der Waals surface area (Å²) in [5.74, 6) is 0.929. The van der Waals surface area contributed by atoms with Crippen molar-refractivity contribution in [3.8, 4) is 17.2 Å². The third-order valence-electron chi connectivity index (χ3n) is 5.22. The van der Waals surface area contributed by atoms with E-state index < -0.39 is 6.17 Å². The number of hydrogen-bond acceptors (Lipinski definition) is 5. The van der Waals surface area contributed by atoms with E-state index in [1.165, 1.54) is 7.11 Å². The highest BCUT2D eigenvalue weighted by molar-refractivity contribution is 6.12. The molecule has 0 saturated carbocycles. The second kappa shape index (κ2) is 7.39. The van der Waals surface area contributed by atoms with Gasteiger partial charge in [0.25, 0.3) is 5.91 Å². The van der Waals surface area contributed by atoms with Gasteiger partial charge in [0, 0.05) is 18.3 Å². The maximum Gasteiger partial charge on any atom is 0.262 e. The van der Waals surface area contributed by atoms with Crippen molar-refractivity contribution in [2.75, 3.05) is 31.1 Å². The van der Waals surface area contributed by atoms with E-state index in [0.717, 1.165) is 5.69 Å². The van der Waals surface area contributed by atoms with Crippen LogP contribution in [0.25, 0.3) is 0 Å². The molecule has 0 aliphatic carbocycles. The minimum Gasteiger partial charge on any atom is -0.504 e. The summed E-state index contributed by atoms with van der Waals surface area (Å²) in [4.78, 5) is 17.2. The monoisotopic (exact) mass is 390 g/mol. The Morgan fingerprint density at radius 3 is 2.31 bits per heavy atom. The molecule has 0 bridgehead atoms. The number of phenols is 1. The van der Waals surface area contributed by atoms with Crippen LogP contribution in [0.3, 0.4) is 0 Å². The van der Waals surface area contributed by atoms with E-state index >= 15 is 0 Å². The summed E-state index contributed by atoms with van der Waals surface area (Å²) >= 11 is 0. The number of carbonyl (C=O) groups is 1. The van der Waals surface area contributed by atoms with Crippen LogP contribution in [0.2, 0.25) is 0 Å². The Morgan fingerprint density at radius 2 is 1.62 bits per heavy atom. The highest BCUT2D eigenvalue weighted by Gasteiger charge is 2.39. The molecule has 1 N–H and O–H groups in total. The highest BCUT2D eigenvalue weighted by Crippen LogP contribution is 2.44. The number of fused-ring (bicyclic) bond motifs is 1. The number of benzene rings is 3. The molecular formula is C23H22N2O4. The van der Waals surface area contributed by atoms with Crippen LogP contribution in [-0.4, -0.2) is 32.3 Å². The maximum absolute atomic E-state index is 13.5. The lowest BCUT2D eigenvalue weighted by Gasteiger charge is -2.44. The first-order valence-corrected chi connectivity index (χ1v) is 9.22. The Bertz CT molecular complexity index is 1050. The smallest absolute Gasteiger partial charge is 0.262 e. The molecule has 0 radical (unpaired) electrons. The molecule has 0 fully saturated rings. The predicted octanol–water partition coefficient (Wildman–Crippen LogP) is 4.20. The summed E-state index contributed by atoms with van der Waals surface area (Å²) in [6, 6.07) is 20.1. The van der Waals surface area contributed by atoms with Crippen molar-refractivity contribution in [1.29, 1.82) is 0 Å². The molecule has 1 aliphatic heterocycles. The normalized spacial score (nSPS) is 15.8. The number of para-hydroxylation sites is 2. The first-order chi connectivity index (χ1) is 14.1. The zero-order chi connectivity index (χ0) is 20.5. The Labute approximate surface area is 169 Å². The van der Waals surface area contributed by atoms with E-state index in [1.807, 2.05) is 60.5 Å². The number of carbonyl (C=O) groups excluding carboxylic acids is 1. The summed E-state index contributed by atoms with van der Waals surface area (Å²) in [7, 11) is 5.01. The van der Waals surface area contributed by atoms with Crippen LogP contribution in [0.5, 0.6) is 17.2 Å². The number of hydrogen-bond donors (Lipinski definition) is 1. The fourth-order valence-electron chi connectivity index (χ4n) is 3.77. The highest BCUT2D eigenvalue weighted by atomic mass is 16.5. The predicted molar refractivity (Wildman–Crippen MR) is 112 cm³/mol. The van der Waals surface area contributed by atoms with Gasteiger partial charge in [-0.1, -0.05) is 24.3 Å². The standard InChI is InChI=1S/C23H22N2O4/c1-24-19-9-5-4-7-17(19)23(27)25(15-11-13-16(28-2)14-12-15)22(24)18-8-6-10-20(29-3)21(18)26/h4-14,22,26H,1-3H3. The van der Waals surface area contributed by atoms with E-state index in [0.29, 0.717) is 28.3 Å². The maximum atomic E-state index is 13.5. The van der Waals surface area contributed by atoms with Gasteiger partial charge in [-0.3, -0.25) is 9.69 Å². The lowest BCUT2D eigenvalue weighted by Crippen LogP contribution is -2.48. The van der Waals surface area contributed by atoms with Crippen molar-refractivity contribution in [2.24, 2.45) is 0 Å². The largest absolute Gasteiger partial charge is 0.504 e. The van der Waals surface area contributed by atoms with Gasteiger partial charge in [-0.05, 0) is 42.5 Å². The van der Waals surface area contributed by atoms with Gasteiger partial charge in [0.1, 0.15) is 11.9 Å². The molecule has 4 rings (SSSR count). The molecule has 0 saturated heterocycles. The van der Waals surface area contributed by atoms with E-state index in [-0.39, 0.29) is 11.7 Å².